The standard InChI is InChI=1S/C10H22N2S/c1-5-7-10(13)8-6-9-12(4)11(2)3/h5-9H2,1-4H3. The van der Waals surface area contributed by atoms with Gasteiger partial charge in [0, 0.05) is 27.7 Å². The number of hydrogen-bond donors (Lipinski definition) is 0. The van der Waals surface area contributed by atoms with E-state index in [1.165, 1.54) is 17.7 Å². The fourth-order valence-electron chi connectivity index (χ4n) is 1.11. The zero-order valence-corrected chi connectivity index (χ0v) is 10.2. The van der Waals surface area contributed by atoms with Crippen LogP contribution in [-0.4, -0.2) is 42.6 Å². The second kappa shape index (κ2) is 7.42. The Hall–Kier alpha value is 0.0100. The molecule has 0 N–H and O–H groups in total. The molecule has 0 amide bonds. The Morgan fingerprint density at radius 1 is 1.15 bits per heavy atom. The van der Waals surface area contributed by atoms with E-state index in [9.17, 15) is 0 Å². The van der Waals surface area contributed by atoms with Crippen LogP contribution in [0.25, 0.3) is 0 Å². The minimum Gasteiger partial charge on any atom is -0.248 e. The fourth-order valence-corrected chi connectivity index (χ4v) is 1.46. The third-order valence-electron chi connectivity index (χ3n) is 2.15. The van der Waals surface area contributed by atoms with Gasteiger partial charge >= 0.3 is 0 Å². The van der Waals surface area contributed by atoms with Gasteiger partial charge in [0.25, 0.3) is 0 Å². The zero-order chi connectivity index (χ0) is 10.3. The quantitative estimate of drug-likeness (QED) is 0.462. The monoisotopic (exact) mass is 202 g/mol. The van der Waals surface area contributed by atoms with Crippen LogP contribution in [-0.2, 0) is 0 Å². The van der Waals surface area contributed by atoms with E-state index in [0.29, 0.717) is 0 Å². The molecule has 0 aliphatic heterocycles. The molecule has 0 atom stereocenters. The van der Waals surface area contributed by atoms with Crippen molar-refractivity contribution in [3.05, 3.63) is 0 Å². The molecule has 0 unspecified atom stereocenters. The van der Waals surface area contributed by atoms with E-state index in [-0.39, 0.29) is 0 Å². The SMILES string of the molecule is CCCC(=S)CCCN(C)N(C)C. The van der Waals surface area contributed by atoms with Crippen molar-refractivity contribution in [2.24, 2.45) is 0 Å². The molecule has 0 saturated heterocycles. The van der Waals surface area contributed by atoms with Crippen molar-refractivity contribution in [2.75, 3.05) is 27.7 Å². The van der Waals surface area contributed by atoms with Crippen LogP contribution in [0.3, 0.4) is 0 Å². The summed E-state index contributed by atoms with van der Waals surface area (Å²) in [6.45, 7) is 3.27. The van der Waals surface area contributed by atoms with Crippen LogP contribution < -0.4 is 0 Å². The summed E-state index contributed by atoms with van der Waals surface area (Å²) in [4.78, 5) is 1.23. The molecule has 0 spiro atoms. The third-order valence-corrected chi connectivity index (χ3v) is 2.56. The molecule has 13 heavy (non-hydrogen) atoms. The van der Waals surface area contributed by atoms with E-state index >= 15 is 0 Å². The fraction of sp³-hybridized carbons (Fsp3) is 0.900. The molecule has 0 heterocycles. The first-order valence-corrected chi connectivity index (χ1v) is 5.38. The van der Waals surface area contributed by atoms with Crippen molar-refractivity contribution < 1.29 is 0 Å². The first-order chi connectivity index (χ1) is 6.07. The van der Waals surface area contributed by atoms with Gasteiger partial charge in [0.1, 0.15) is 0 Å². The van der Waals surface area contributed by atoms with Crippen LogP contribution in [0.1, 0.15) is 32.6 Å². The van der Waals surface area contributed by atoms with Gasteiger partial charge in [-0.1, -0.05) is 25.6 Å². The lowest BCUT2D eigenvalue weighted by atomic mass is 10.1. The molecular weight excluding hydrogens is 180 g/mol. The summed E-state index contributed by atoms with van der Waals surface area (Å²) in [5.74, 6) is 0. The van der Waals surface area contributed by atoms with E-state index in [2.05, 4.69) is 38.1 Å². The highest BCUT2D eigenvalue weighted by Crippen LogP contribution is 2.02. The Kier molecular flexibility index (Phi) is 7.42. The number of rotatable bonds is 7. The van der Waals surface area contributed by atoms with E-state index < -0.39 is 0 Å². The van der Waals surface area contributed by atoms with Gasteiger partial charge in [-0.05, 0) is 24.1 Å². The van der Waals surface area contributed by atoms with Crippen LogP contribution in [0.5, 0.6) is 0 Å². The summed E-state index contributed by atoms with van der Waals surface area (Å²) in [5, 5.41) is 4.30. The number of thiocarbonyl (C=S) groups is 1. The van der Waals surface area contributed by atoms with Gasteiger partial charge in [0.2, 0.25) is 0 Å². The minimum atomic E-state index is 1.09. The van der Waals surface area contributed by atoms with Crippen molar-refractivity contribution in [2.45, 2.75) is 32.6 Å². The molecule has 0 aromatic heterocycles. The Bertz CT molecular complexity index is 146. The summed E-state index contributed by atoms with van der Waals surface area (Å²) in [7, 11) is 6.22. The van der Waals surface area contributed by atoms with Crippen molar-refractivity contribution in [3.63, 3.8) is 0 Å². The van der Waals surface area contributed by atoms with Crippen molar-refractivity contribution in [3.8, 4) is 0 Å². The Labute approximate surface area is 87.9 Å². The Morgan fingerprint density at radius 2 is 1.77 bits per heavy atom. The maximum atomic E-state index is 5.24. The number of hydrogen-bond acceptors (Lipinski definition) is 3. The molecule has 0 saturated carbocycles. The van der Waals surface area contributed by atoms with Gasteiger partial charge in [-0.25, -0.2) is 10.0 Å². The van der Waals surface area contributed by atoms with E-state index in [0.717, 1.165) is 19.4 Å². The van der Waals surface area contributed by atoms with Gasteiger partial charge in [-0.15, -0.1) is 0 Å². The molecule has 0 aromatic rings. The summed E-state index contributed by atoms with van der Waals surface area (Å²) in [5.41, 5.74) is 0. The Balaban J connectivity index is 3.39. The van der Waals surface area contributed by atoms with Gasteiger partial charge in [-0.2, -0.15) is 0 Å². The van der Waals surface area contributed by atoms with Crippen LogP contribution in [0, 0.1) is 0 Å². The molecule has 0 rings (SSSR count). The third kappa shape index (κ3) is 7.11. The second-order valence-electron chi connectivity index (χ2n) is 3.62. The van der Waals surface area contributed by atoms with E-state index in [4.69, 9.17) is 12.2 Å². The predicted octanol–water partition coefficient (Wildman–Crippen LogP) is 2.35. The molecule has 3 heteroatoms. The lowest BCUT2D eigenvalue weighted by Gasteiger charge is -2.23. The normalized spacial score (nSPS) is 11.2. The average Bonchev–Trinajstić information content (AvgIpc) is 2.04. The molecule has 2 nitrogen and oxygen atoms in total. The smallest absolute Gasteiger partial charge is 0.0133 e. The molecule has 0 aliphatic carbocycles. The molecule has 0 aliphatic rings. The highest BCUT2D eigenvalue weighted by molar-refractivity contribution is 7.80. The maximum absolute atomic E-state index is 5.24. The van der Waals surface area contributed by atoms with Crippen molar-refractivity contribution in [1.29, 1.82) is 0 Å². The van der Waals surface area contributed by atoms with Gasteiger partial charge in [-0.3, -0.25) is 0 Å². The van der Waals surface area contributed by atoms with Gasteiger partial charge in [0.15, 0.2) is 0 Å². The van der Waals surface area contributed by atoms with Gasteiger partial charge in [0.05, 0.1) is 0 Å². The van der Waals surface area contributed by atoms with Crippen LogP contribution in [0.2, 0.25) is 0 Å². The highest BCUT2D eigenvalue weighted by atomic mass is 32.1. The molecule has 0 aromatic carbocycles. The molecular formula is C10H22N2S. The van der Waals surface area contributed by atoms with Crippen LogP contribution in [0.15, 0.2) is 0 Å². The van der Waals surface area contributed by atoms with Crippen molar-refractivity contribution >= 4 is 17.1 Å². The van der Waals surface area contributed by atoms with Crippen LogP contribution in [0.4, 0.5) is 0 Å². The van der Waals surface area contributed by atoms with Gasteiger partial charge < -0.3 is 0 Å². The number of hydrazine groups is 1. The number of nitrogens with zero attached hydrogens (tertiary/aromatic N) is 2. The molecule has 0 fully saturated rings. The minimum absolute atomic E-state index is 1.09. The molecule has 0 radical (unpaired) electrons. The second-order valence-corrected chi connectivity index (χ2v) is 4.20. The largest absolute Gasteiger partial charge is 0.248 e. The predicted molar refractivity (Wildman–Crippen MR) is 63.1 cm³/mol. The molecule has 0 bridgehead atoms. The lowest BCUT2D eigenvalue weighted by molar-refractivity contribution is 0.0557. The maximum Gasteiger partial charge on any atom is 0.0133 e. The van der Waals surface area contributed by atoms with Crippen molar-refractivity contribution in [1.82, 2.24) is 10.0 Å². The van der Waals surface area contributed by atoms with Crippen LogP contribution >= 0.6 is 12.2 Å². The topological polar surface area (TPSA) is 6.48 Å². The average molecular weight is 202 g/mol. The first kappa shape index (κ1) is 13.0. The summed E-state index contributed by atoms with van der Waals surface area (Å²) < 4.78 is 0. The molecule has 78 valence electrons. The summed E-state index contributed by atoms with van der Waals surface area (Å²) in [6.07, 6.45) is 4.57. The zero-order valence-electron chi connectivity index (χ0n) is 9.34. The highest BCUT2D eigenvalue weighted by Gasteiger charge is 2.01. The lowest BCUT2D eigenvalue weighted by Crippen LogP contribution is -2.33. The summed E-state index contributed by atoms with van der Waals surface area (Å²) in [6, 6.07) is 0. The Morgan fingerprint density at radius 3 is 2.23 bits per heavy atom. The first-order valence-electron chi connectivity index (χ1n) is 4.98. The summed E-state index contributed by atoms with van der Waals surface area (Å²) >= 11 is 5.24. The van der Waals surface area contributed by atoms with E-state index in [1.54, 1.807) is 0 Å². The van der Waals surface area contributed by atoms with E-state index in [1.807, 2.05) is 0 Å².